The Kier molecular flexibility index (Phi) is 6.89. The minimum absolute atomic E-state index is 0.105. The summed E-state index contributed by atoms with van der Waals surface area (Å²) < 4.78 is 18.1. The van der Waals surface area contributed by atoms with Crippen LogP contribution in [0.5, 0.6) is 11.5 Å². The predicted molar refractivity (Wildman–Crippen MR) is 144 cm³/mol. The van der Waals surface area contributed by atoms with E-state index in [2.05, 4.69) is 21.2 Å². The highest BCUT2D eigenvalue weighted by molar-refractivity contribution is 9.10. The van der Waals surface area contributed by atoms with Gasteiger partial charge in [-0.2, -0.15) is 0 Å². The van der Waals surface area contributed by atoms with Gasteiger partial charge < -0.3 is 19.5 Å². The fraction of sp³-hybridized carbons (Fsp3) is 0.200. The quantitative estimate of drug-likeness (QED) is 0.349. The van der Waals surface area contributed by atoms with E-state index in [9.17, 15) is 9.59 Å². The normalized spacial score (nSPS) is 16.2. The van der Waals surface area contributed by atoms with Crippen LogP contribution in [-0.4, -0.2) is 25.5 Å². The lowest BCUT2D eigenvalue weighted by Gasteiger charge is -2.29. The van der Waals surface area contributed by atoms with Crippen LogP contribution in [0, 0.1) is 0 Å². The summed E-state index contributed by atoms with van der Waals surface area (Å²) in [6, 6.07) is 20.9. The Bertz CT molecular complexity index is 1460. The van der Waals surface area contributed by atoms with Gasteiger partial charge >= 0.3 is 5.97 Å². The van der Waals surface area contributed by atoms with Gasteiger partial charge in [0.15, 0.2) is 17.3 Å². The first-order valence-electron chi connectivity index (χ1n) is 12.0. The maximum absolute atomic E-state index is 13.6. The van der Waals surface area contributed by atoms with Crippen molar-refractivity contribution in [3.8, 4) is 11.5 Å². The molecule has 0 spiro atoms. The predicted octanol–water partition coefficient (Wildman–Crippen LogP) is 6.17. The largest absolute Gasteiger partial charge is 0.493 e. The number of nitrogens with one attached hydrogen (secondary N) is 1. The van der Waals surface area contributed by atoms with Gasteiger partial charge in [-0.15, -0.1) is 0 Å². The number of Topliss-reactive ketones (excluding diaryl/α,β-unsaturated/α-hetero) is 1. The van der Waals surface area contributed by atoms with Crippen LogP contribution >= 0.6 is 15.9 Å². The molecule has 1 N–H and O–H groups in total. The Labute approximate surface area is 224 Å². The van der Waals surface area contributed by atoms with Gasteiger partial charge in [-0.25, -0.2) is 4.79 Å². The number of dihydropyridines is 1. The Morgan fingerprint density at radius 3 is 2.43 bits per heavy atom. The van der Waals surface area contributed by atoms with Crippen molar-refractivity contribution in [3.63, 3.8) is 0 Å². The summed E-state index contributed by atoms with van der Waals surface area (Å²) in [5.74, 6) is -0.102. The van der Waals surface area contributed by atoms with Crippen LogP contribution in [-0.2, 0) is 16.1 Å². The SMILES string of the molecule is CCOC(=O)C1=C(C)NC2=C(C(=O)c3ccccc32)[C@@H]1c1ccc(OCc2ccc(Br)cc2)c(OC)c1. The molecule has 0 unspecified atom stereocenters. The number of carbonyl (C=O) groups is 2. The number of ketones is 1. The lowest BCUT2D eigenvalue weighted by atomic mass is 9.79. The van der Waals surface area contributed by atoms with Gasteiger partial charge in [-0.05, 0) is 49.2 Å². The second-order valence-electron chi connectivity index (χ2n) is 8.81. The number of allylic oxidation sites excluding steroid dienone is 2. The molecule has 37 heavy (non-hydrogen) atoms. The molecule has 0 fully saturated rings. The van der Waals surface area contributed by atoms with E-state index >= 15 is 0 Å². The number of ether oxygens (including phenoxy) is 3. The molecule has 7 heteroatoms. The van der Waals surface area contributed by atoms with Gasteiger partial charge in [0.1, 0.15) is 6.61 Å². The molecule has 0 radical (unpaired) electrons. The van der Waals surface area contributed by atoms with Crippen molar-refractivity contribution >= 4 is 33.4 Å². The highest BCUT2D eigenvalue weighted by Crippen LogP contribution is 2.48. The molecule has 0 aromatic heterocycles. The lowest BCUT2D eigenvalue weighted by Crippen LogP contribution is -2.29. The molecule has 0 amide bonds. The van der Waals surface area contributed by atoms with E-state index in [4.69, 9.17) is 14.2 Å². The highest BCUT2D eigenvalue weighted by atomic mass is 79.9. The molecule has 1 aliphatic heterocycles. The molecule has 0 saturated heterocycles. The standard InChI is InChI=1S/C30H26BrNO5/c1-4-36-30(34)25-17(2)32-28-21-7-5-6-8-22(21)29(33)27(28)26(25)19-11-14-23(24(15-19)35-3)37-16-18-9-12-20(31)13-10-18/h5-15,26,32H,4,16H2,1-3H3/t26-/m1/s1. The maximum Gasteiger partial charge on any atom is 0.336 e. The number of halogens is 1. The summed E-state index contributed by atoms with van der Waals surface area (Å²) in [6.07, 6.45) is 0. The van der Waals surface area contributed by atoms with Crippen LogP contribution in [0.3, 0.4) is 0 Å². The zero-order valence-corrected chi connectivity index (χ0v) is 22.3. The summed E-state index contributed by atoms with van der Waals surface area (Å²) in [4.78, 5) is 26.8. The van der Waals surface area contributed by atoms with Crippen LogP contribution in [0.25, 0.3) is 5.70 Å². The molecule has 3 aromatic rings. The van der Waals surface area contributed by atoms with E-state index in [0.717, 1.165) is 26.9 Å². The van der Waals surface area contributed by atoms with Gasteiger partial charge in [0.2, 0.25) is 0 Å². The van der Waals surface area contributed by atoms with E-state index < -0.39 is 11.9 Å². The van der Waals surface area contributed by atoms with E-state index in [1.165, 1.54) is 0 Å². The van der Waals surface area contributed by atoms with E-state index in [-0.39, 0.29) is 12.4 Å². The van der Waals surface area contributed by atoms with Crippen molar-refractivity contribution in [2.45, 2.75) is 26.4 Å². The first-order chi connectivity index (χ1) is 17.9. The van der Waals surface area contributed by atoms with Crippen molar-refractivity contribution in [1.29, 1.82) is 0 Å². The third-order valence-electron chi connectivity index (χ3n) is 6.57. The van der Waals surface area contributed by atoms with E-state index in [1.54, 1.807) is 14.0 Å². The number of hydrogen-bond donors (Lipinski definition) is 1. The van der Waals surface area contributed by atoms with Crippen LogP contribution in [0.2, 0.25) is 0 Å². The summed E-state index contributed by atoms with van der Waals surface area (Å²) in [7, 11) is 1.57. The summed E-state index contributed by atoms with van der Waals surface area (Å²) >= 11 is 3.44. The average molecular weight is 560 g/mol. The summed E-state index contributed by atoms with van der Waals surface area (Å²) in [6.45, 7) is 4.20. The highest BCUT2D eigenvalue weighted by Gasteiger charge is 2.43. The average Bonchev–Trinajstić information content (AvgIpc) is 3.19. The number of hydrogen-bond acceptors (Lipinski definition) is 6. The van der Waals surface area contributed by atoms with Gasteiger partial charge in [0.05, 0.1) is 25.0 Å². The molecule has 3 aromatic carbocycles. The second-order valence-corrected chi connectivity index (χ2v) is 9.72. The molecule has 1 aliphatic carbocycles. The smallest absolute Gasteiger partial charge is 0.336 e. The van der Waals surface area contributed by atoms with Crippen LogP contribution in [0.1, 0.15) is 46.8 Å². The third kappa shape index (κ3) is 4.55. The molecule has 6 nitrogen and oxygen atoms in total. The number of fused-ring (bicyclic) bond motifs is 2. The molecule has 188 valence electrons. The fourth-order valence-corrected chi connectivity index (χ4v) is 5.13. The van der Waals surface area contributed by atoms with Crippen molar-refractivity contribution in [2.24, 2.45) is 0 Å². The monoisotopic (exact) mass is 559 g/mol. The van der Waals surface area contributed by atoms with Crippen molar-refractivity contribution in [3.05, 3.63) is 110 Å². The van der Waals surface area contributed by atoms with Crippen LogP contribution < -0.4 is 14.8 Å². The molecule has 1 heterocycles. The minimum atomic E-state index is -0.621. The van der Waals surface area contributed by atoms with Crippen molar-refractivity contribution in [2.75, 3.05) is 13.7 Å². The molecular formula is C30H26BrNO5. The Hall–Kier alpha value is -3.84. The Balaban J connectivity index is 1.56. The molecule has 0 bridgehead atoms. The van der Waals surface area contributed by atoms with Crippen LogP contribution in [0.15, 0.2) is 88.0 Å². The number of methoxy groups -OCH3 is 1. The topological polar surface area (TPSA) is 73.9 Å². The molecule has 0 saturated carbocycles. The first-order valence-corrected chi connectivity index (χ1v) is 12.8. The van der Waals surface area contributed by atoms with Gasteiger partial charge in [-0.3, -0.25) is 4.79 Å². The third-order valence-corrected chi connectivity index (χ3v) is 7.10. The Morgan fingerprint density at radius 2 is 1.73 bits per heavy atom. The number of carbonyl (C=O) groups excluding carboxylic acids is 2. The minimum Gasteiger partial charge on any atom is -0.493 e. The molecular weight excluding hydrogens is 534 g/mol. The molecule has 1 atom stereocenters. The zero-order valence-electron chi connectivity index (χ0n) is 20.8. The van der Waals surface area contributed by atoms with Gasteiger partial charge in [0, 0.05) is 32.8 Å². The van der Waals surface area contributed by atoms with Crippen molar-refractivity contribution < 1.29 is 23.8 Å². The second kappa shape index (κ2) is 10.3. The van der Waals surface area contributed by atoms with E-state index in [0.29, 0.717) is 40.5 Å². The molecule has 5 rings (SSSR count). The van der Waals surface area contributed by atoms with Crippen molar-refractivity contribution in [1.82, 2.24) is 5.32 Å². The number of esters is 1. The maximum atomic E-state index is 13.6. The summed E-state index contributed by atoms with van der Waals surface area (Å²) in [5.41, 5.74) is 5.52. The zero-order chi connectivity index (χ0) is 26.1. The van der Waals surface area contributed by atoms with Gasteiger partial charge in [0.25, 0.3) is 0 Å². The lowest BCUT2D eigenvalue weighted by molar-refractivity contribution is -0.138. The van der Waals surface area contributed by atoms with E-state index in [1.807, 2.05) is 73.7 Å². The fourth-order valence-electron chi connectivity index (χ4n) is 4.87. The first kappa shape index (κ1) is 24.8. The van der Waals surface area contributed by atoms with Crippen LogP contribution in [0.4, 0.5) is 0 Å². The van der Waals surface area contributed by atoms with Gasteiger partial charge in [-0.1, -0.05) is 58.4 Å². The number of benzene rings is 3. The molecule has 2 aliphatic rings. The summed E-state index contributed by atoms with van der Waals surface area (Å²) in [5, 5.41) is 3.31. The number of rotatable bonds is 7. The Morgan fingerprint density at radius 1 is 1.00 bits per heavy atom.